The van der Waals surface area contributed by atoms with Gasteiger partial charge >= 0.3 is 0 Å². The number of methoxy groups -OCH3 is 4. The predicted octanol–water partition coefficient (Wildman–Crippen LogP) is 2.70. The molecule has 4 rings (SSSR count). The van der Waals surface area contributed by atoms with E-state index >= 15 is 0 Å². The molecule has 10 heteroatoms. The molecule has 2 aliphatic carbocycles. The van der Waals surface area contributed by atoms with Gasteiger partial charge in [0.2, 0.25) is 0 Å². The van der Waals surface area contributed by atoms with E-state index in [1.807, 2.05) is 0 Å². The van der Waals surface area contributed by atoms with Crippen molar-refractivity contribution in [3.8, 4) is 12.3 Å². The van der Waals surface area contributed by atoms with Gasteiger partial charge in [-0.3, -0.25) is 4.90 Å². The molecule has 2 aliphatic heterocycles. The monoisotopic (exact) mass is 570 g/mol. The third-order valence-electron chi connectivity index (χ3n) is 9.33. The van der Waals surface area contributed by atoms with Crippen molar-refractivity contribution in [2.45, 2.75) is 95.5 Å². The Morgan fingerprint density at radius 3 is 1.65 bits per heavy atom. The average Bonchev–Trinajstić information content (AvgIpc) is 3.88. The topological polar surface area (TPSA) is 98.8 Å². The van der Waals surface area contributed by atoms with Crippen molar-refractivity contribution < 1.29 is 37.9 Å². The summed E-state index contributed by atoms with van der Waals surface area (Å²) in [7, 11) is 6.58. The maximum atomic E-state index is 6.00. The molecule has 4 aliphatic rings. The molecular weight excluding hydrogens is 516 g/mol. The van der Waals surface area contributed by atoms with Gasteiger partial charge in [-0.05, 0) is 43.1 Å². The molecule has 0 radical (unpaired) electrons. The van der Waals surface area contributed by atoms with E-state index < -0.39 is 0 Å². The lowest BCUT2D eigenvalue weighted by Gasteiger charge is -2.37. The van der Waals surface area contributed by atoms with Crippen molar-refractivity contribution in [3.05, 3.63) is 0 Å². The third kappa shape index (κ3) is 8.16. The Balaban J connectivity index is 0.000000230. The number of fused-ring (bicyclic) bond motifs is 2. The maximum Gasteiger partial charge on any atom is 0.146 e. The Kier molecular flexibility index (Phi) is 14.1. The van der Waals surface area contributed by atoms with E-state index in [-0.39, 0.29) is 24.4 Å². The van der Waals surface area contributed by atoms with Gasteiger partial charge in [-0.2, -0.15) is 0 Å². The highest BCUT2D eigenvalue weighted by atomic mass is 16.7. The van der Waals surface area contributed by atoms with E-state index in [0.29, 0.717) is 75.0 Å². The van der Waals surface area contributed by atoms with Crippen LogP contribution in [-0.2, 0) is 37.9 Å². The number of hydrogen-bond donors (Lipinski definition) is 1. The van der Waals surface area contributed by atoms with Crippen molar-refractivity contribution in [1.82, 2.24) is 10.2 Å². The molecule has 232 valence electrons. The minimum Gasteiger partial charge on any atom is -0.359 e. The predicted molar refractivity (Wildman–Crippen MR) is 151 cm³/mol. The van der Waals surface area contributed by atoms with Gasteiger partial charge in [-0.1, -0.05) is 27.7 Å². The van der Waals surface area contributed by atoms with E-state index in [2.05, 4.69) is 43.8 Å². The molecule has 0 bridgehead atoms. The molecule has 2 saturated carbocycles. The van der Waals surface area contributed by atoms with E-state index in [1.54, 1.807) is 28.4 Å². The summed E-state index contributed by atoms with van der Waals surface area (Å²) in [5, 5.41) is 3.47. The second-order valence-electron chi connectivity index (χ2n) is 11.7. The van der Waals surface area contributed by atoms with E-state index in [9.17, 15) is 0 Å². The number of unbranched alkanes of at least 4 members (excludes halogenated alkanes) is 2. The maximum absolute atomic E-state index is 6.00. The lowest BCUT2D eigenvalue weighted by atomic mass is 9.78. The lowest BCUT2D eigenvalue weighted by molar-refractivity contribution is -0.183. The molecule has 4 fully saturated rings. The highest BCUT2D eigenvalue weighted by Crippen LogP contribution is 2.49. The molecule has 40 heavy (non-hydrogen) atoms. The van der Waals surface area contributed by atoms with Crippen molar-refractivity contribution in [3.63, 3.8) is 0 Å². The van der Waals surface area contributed by atoms with Crippen LogP contribution in [0.5, 0.6) is 0 Å². The summed E-state index contributed by atoms with van der Waals surface area (Å²) in [6.45, 7) is 11.3. The molecule has 9 unspecified atom stereocenters. The fraction of sp³-hybridized carbons (Fsp3) is 0.933. The average molecular weight is 571 g/mol. The zero-order valence-electron chi connectivity index (χ0n) is 25.9. The summed E-state index contributed by atoms with van der Waals surface area (Å²) in [4.78, 5) is 2.55. The van der Waals surface area contributed by atoms with Crippen LogP contribution in [0.15, 0.2) is 0 Å². The fourth-order valence-corrected chi connectivity index (χ4v) is 6.78. The Labute approximate surface area is 242 Å². The molecule has 0 aromatic heterocycles. The third-order valence-corrected chi connectivity index (χ3v) is 9.33. The lowest BCUT2D eigenvalue weighted by Crippen LogP contribution is -2.49. The smallest absolute Gasteiger partial charge is 0.146 e. The van der Waals surface area contributed by atoms with Gasteiger partial charge in [-0.15, -0.1) is 12.3 Å². The van der Waals surface area contributed by atoms with Gasteiger partial charge in [0.15, 0.2) is 0 Å². The SMILES string of the molecule is C#CCCCCN1[C@@H]2C(OCOC)C(OCOC)C(C)C(C)[C@@H]21.COCOC1C(C)C(C)[C@@H]2N[C@@H]2C1OCOC. The first-order valence-electron chi connectivity index (χ1n) is 14.7. The van der Waals surface area contributed by atoms with Crippen LogP contribution in [-0.4, -0.2) is 116 Å². The van der Waals surface area contributed by atoms with Crippen LogP contribution in [0.1, 0.15) is 47.0 Å². The number of nitrogens with one attached hydrogen (secondary N) is 1. The molecule has 0 aromatic carbocycles. The molecule has 2 saturated heterocycles. The van der Waals surface area contributed by atoms with Crippen molar-refractivity contribution in [2.75, 3.05) is 62.2 Å². The molecular formula is C30H54N2O8. The first kappa shape index (κ1) is 33.7. The molecule has 1 N–H and O–H groups in total. The van der Waals surface area contributed by atoms with Crippen molar-refractivity contribution in [1.29, 1.82) is 0 Å². The summed E-state index contributed by atoms with van der Waals surface area (Å²) in [5.74, 6) is 4.76. The summed E-state index contributed by atoms with van der Waals surface area (Å²) >= 11 is 0. The van der Waals surface area contributed by atoms with E-state index in [4.69, 9.17) is 44.3 Å². The molecule has 10 nitrogen and oxygen atoms in total. The fourth-order valence-electron chi connectivity index (χ4n) is 6.78. The molecule has 13 atom stereocenters. The number of ether oxygens (including phenoxy) is 8. The Hall–Kier alpha value is -0.840. The first-order valence-corrected chi connectivity index (χ1v) is 14.7. The number of hydrogen-bond acceptors (Lipinski definition) is 10. The molecule has 2 heterocycles. The van der Waals surface area contributed by atoms with Gasteiger partial charge in [0, 0.05) is 46.9 Å². The summed E-state index contributed by atoms with van der Waals surface area (Å²) in [6, 6.07) is 1.97. The van der Waals surface area contributed by atoms with Crippen LogP contribution < -0.4 is 5.32 Å². The number of terminal acetylenes is 1. The Morgan fingerprint density at radius 1 is 0.600 bits per heavy atom. The van der Waals surface area contributed by atoms with E-state index in [0.717, 1.165) is 25.8 Å². The minimum absolute atomic E-state index is 0.0360. The summed E-state index contributed by atoms with van der Waals surface area (Å²) in [5.41, 5.74) is 0. The highest BCUT2D eigenvalue weighted by Gasteiger charge is 2.62. The van der Waals surface area contributed by atoms with Gasteiger partial charge in [0.05, 0.1) is 24.3 Å². The van der Waals surface area contributed by atoms with Crippen LogP contribution in [0.4, 0.5) is 0 Å². The normalized spacial score (nSPS) is 41.2. The molecule has 0 amide bonds. The van der Waals surface area contributed by atoms with Crippen molar-refractivity contribution in [2.24, 2.45) is 23.7 Å². The molecule has 0 spiro atoms. The van der Waals surface area contributed by atoms with Crippen molar-refractivity contribution >= 4 is 0 Å². The number of likely N-dealkylation sites (tertiary alicyclic amines) is 1. The quantitative estimate of drug-likeness (QED) is 0.129. The van der Waals surface area contributed by atoms with Crippen LogP contribution in [0.25, 0.3) is 0 Å². The number of nitrogens with zero attached hydrogens (tertiary/aromatic N) is 1. The van der Waals surface area contributed by atoms with Gasteiger partial charge in [0.1, 0.15) is 39.4 Å². The van der Waals surface area contributed by atoms with Gasteiger partial charge in [0.25, 0.3) is 0 Å². The largest absolute Gasteiger partial charge is 0.359 e. The molecule has 0 aromatic rings. The first-order chi connectivity index (χ1) is 19.4. The van der Waals surface area contributed by atoms with Crippen LogP contribution in [0, 0.1) is 36.0 Å². The summed E-state index contributed by atoms with van der Waals surface area (Å²) < 4.78 is 43.7. The zero-order valence-corrected chi connectivity index (χ0v) is 25.9. The Morgan fingerprint density at radius 2 is 1.10 bits per heavy atom. The number of rotatable bonds is 16. The highest BCUT2D eigenvalue weighted by molar-refractivity contribution is 5.16. The van der Waals surface area contributed by atoms with E-state index in [1.165, 1.54) is 0 Å². The standard InChI is InChI=1S/C18H31NO4.C12H23NO4/c1-6-7-8-9-10-19-15-13(2)14(3)17(22-11-20-4)18(16(15)19)23-12-21-5;1-7-8(2)11(16-5-14-3)12(17-6-15-4)10-9(7)13-10/h1,13-18H,7-12H2,2-5H3;7-13H,5-6H2,1-4H3/t13?,14?,15-,16-,17?,18?,19?;7?,8?,9-,10-,11?,12?/m00/s1. The minimum atomic E-state index is 0.0360. The van der Waals surface area contributed by atoms with Gasteiger partial charge in [-0.25, -0.2) is 0 Å². The van der Waals surface area contributed by atoms with Gasteiger partial charge < -0.3 is 43.2 Å². The summed E-state index contributed by atoms with van der Waals surface area (Å²) in [6.07, 6.45) is 8.62. The second-order valence-corrected chi connectivity index (χ2v) is 11.7. The Bertz CT molecular complexity index is 768. The van der Waals surface area contributed by atoms with Crippen LogP contribution in [0.3, 0.4) is 0 Å². The zero-order chi connectivity index (χ0) is 29.2. The second kappa shape index (κ2) is 16.7. The van der Waals surface area contributed by atoms with Crippen LogP contribution in [0.2, 0.25) is 0 Å². The van der Waals surface area contributed by atoms with Crippen LogP contribution >= 0.6 is 0 Å².